The van der Waals surface area contributed by atoms with Crippen LogP contribution in [0.1, 0.15) is 28.8 Å². The number of hydrogen-bond donors (Lipinski definition) is 2. The van der Waals surface area contributed by atoms with Gasteiger partial charge in [-0.05, 0) is 53.4 Å². The molecule has 7 nitrogen and oxygen atoms in total. The molecule has 1 atom stereocenters. The maximum atomic E-state index is 12.6. The molecule has 2 N–H and O–H groups in total. The third kappa shape index (κ3) is 3.91. The third-order valence-electron chi connectivity index (χ3n) is 4.09. The first kappa shape index (κ1) is 17.6. The number of aromatic amines is 1. The molecule has 0 bridgehead atoms. The van der Waals surface area contributed by atoms with Crippen LogP contribution in [0.25, 0.3) is 0 Å². The number of ether oxygens (including phenoxy) is 1. The Kier molecular flexibility index (Phi) is 5.19. The number of aryl methyl sites for hydroxylation is 1. The maximum absolute atomic E-state index is 12.6. The van der Waals surface area contributed by atoms with Crippen LogP contribution in [0.2, 0.25) is 0 Å². The number of rotatable bonds is 4. The molecule has 0 saturated carbocycles. The summed E-state index contributed by atoms with van der Waals surface area (Å²) >= 11 is 3.38. The number of nitrogens with zero attached hydrogens (tertiary/aromatic N) is 1. The normalized spacial score (nSPS) is 16.8. The molecule has 1 saturated heterocycles. The van der Waals surface area contributed by atoms with E-state index in [1.807, 2.05) is 19.1 Å². The smallest absolute Gasteiger partial charge is 0.328 e. The summed E-state index contributed by atoms with van der Waals surface area (Å²) in [6.07, 6.45) is 2.66. The van der Waals surface area contributed by atoms with Gasteiger partial charge in [-0.25, -0.2) is 4.79 Å². The topological polar surface area (TPSA) is 93.2 Å². The van der Waals surface area contributed by atoms with E-state index in [-0.39, 0.29) is 18.2 Å². The van der Waals surface area contributed by atoms with Crippen molar-refractivity contribution in [2.24, 2.45) is 0 Å². The van der Waals surface area contributed by atoms with Crippen LogP contribution in [-0.4, -0.2) is 28.2 Å². The van der Waals surface area contributed by atoms with Crippen molar-refractivity contribution in [1.82, 2.24) is 9.55 Å². The number of benzene rings is 1. The summed E-state index contributed by atoms with van der Waals surface area (Å²) in [5.74, 6) is -0.577. The zero-order valence-electron chi connectivity index (χ0n) is 13.7. The molecule has 1 unspecified atom stereocenters. The van der Waals surface area contributed by atoms with E-state index < -0.39 is 17.2 Å². The second-order valence-electron chi connectivity index (χ2n) is 6.00. The van der Waals surface area contributed by atoms with Crippen LogP contribution >= 0.6 is 15.9 Å². The lowest BCUT2D eigenvalue weighted by Gasteiger charge is -2.12. The van der Waals surface area contributed by atoms with Crippen LogP contribution in [0.3, 0.4) is 0 Å². The lowest BCUT2D eigenvalue weighted by molar-refractivity contribution is 0.0941. The third-order valence-corrected chi connectivity index (χ3v) is 4.74. The van der Waals surface area contributed by atoms with Gasteiger partial charge in [0.2, 0.25) is 0 Å². The minimum atomic E-state index is -0.625. The van der Waals surface area contributed by atoms with Crippen molar-refractivity contribution in [3.05, 3.63) is 60.8 Å². The monoisotopic (exact) mass is 407 g/mol. The Hall–Kier alpha value is -2.19. The summed E-state index contributed by atoms with van der Waals surface area (Å²) in [5, 5.41) is 2.68. The first-order valence-electron chi connectivity index (χ1n) is 7.97. The highest BCUT2D eigenvalue weighted by Gasteiger charge is 2.21. The summed E-state index contributed by atoms with van der Waals surface area (Å²) in [6.45, 7) is 2.70. The first-order chi connectivity index (χ1) is 12.0. The number of carbonyl (C=O) groups excluding carboxylic acids is 1. The summed E-state index contributed by atoms with van der Waals surface area (Å²) in [7, 11) is 0. The number of halogens is 1. The van der Waals surface area contributed by atoms with Crippen LogP contribution in [0.5, 0.6) is 0 Å². The molecule has 1 aliphatic heterocycles. The van der Waals surface area contributed by atoms with E-state index in [0.29, 0.717) is 16.8 Å². The summed E-state index contributed by atoms with van der Waals surface area (Å²) in [4.78, 5) is 39.5. The van der Waals surface area contributed by atoms with E-state index >= 15 is 0 Å². The van der Waals surface area contributed by atoms with Gasteiger partial charge in [0.05, 0.1) is 18.3 Å². The number of nitrogens with one attached hydrogen (secondary N) is 2. The van der Waals surface area contributed by atoms with Crippen molar-refractivity contribution in [1.29, 1.82) is 0 Å². The second-order valence-corrected chi connectivity index (χ2v) is 6.85. The Balaban J connectivity index is 1.87. The van der Waals surface area contributed by atoms with Crippen molar-refractivity contribution < 1.29 is 9.53 Å². The van der Waals surface area contributed by atoms with E-state index in [1.165, 1.54) is 0 Å². The van der Waals surface area contributed by atoms with Crippen LogP contribution in [0.4, 0.5) is 5.69 Å². The van der Waals surface area contributed by atoms with Crippen LogP contribution < -0.4 is 16.6 Å². The largest absolute Gasteiger partial charge is 0.376 e. The molecular formula is C17H18BrN3O4. The van der Waals surface area contributed by atoms with E-state index in [2.05, 4.69) is 26.2 Å². The molecule has 1 aromatic carbocycles. The maximum Gasteiger partial charge on any atom is 0.328 e. The Labute approximate surface area is 152 Å². The molecule has 0 radical (unpaired) electrons. The summed E-state index contributed by atoms with van der Waals surface area (Å²) in [6, 6.07) is 5.45. The van der Waals surface area contributed by atoms with E-state index in [9.17, 15) is 14.4 Å². The number of carbonyl (C=O) groups is 1. The van der Waals surface area contributed by atoms with Gasteiger partial charge in [-0.3, -0.25) is 14.2 Å². The van der Waals surface area contributed by atoms with Gasteiger partial charge >= 0.3 is 5.69 Å². The van der Waals surface area contributed by atoms with E-state index in [4.69, 9.17) is 4.74 Å². The minimum Gasteiger partial charge on any atom is -0.376 e. The Morgan fingerprint density at radius 1 is 1.44 bits per heavy atom. The molecule has 2 aromatic rings. The summed E-state index contributed by atoms with van der Waals surface area (Å²) in [5.41, 5.74) is 0.290. The highest BCUT2D eigenvalue weighted by molar-refractivity contribution is 9.10. The molecule has 8 heteroatoms. The van der Waals surface area contributed by atoms with Gasteiger partial charge in [0, 0.05) is 17.3 Å². The molecule has 1 amide bonds. The van der Waals surface area contributed by atoms with Gasteiger partial charge in [-0.1, -0.05) is 6.07 Å². The van der Waals surface area contributed by atoms with E-state index in [0.717, 1.165) is 29.2 Å². The van der Waals surface area contributed by atoms with Gasteiger partial charge in [-0.2, -0.15) is 0 Å². The molecule has 1 aliphatic rings. The van der Waals surface area contributed by atoms with Crippen molar-refractivity contribution in [3.8, 4) is 0 Å². The zero-order chi connectivity index (χ0) is 18.0. The van der Waals surface area contributed by atoms with Crippen LogP contribution in [0, 0.1) is 6.92 Å². The number of amides is 1. The Morgan fingerprint density at radius 3 is 2.92 bits per heavy atom. The first-order valence-corrected chi connectivity index (χ1v) is 8.76. The highest BCUT2D eigenvalue weighted by atomic mass is 79.9. The molecule has 132 valence electrons. The van der Waals surface area contributed by atoms with E-state index in [1.54, 1.807) is 6.07 Å². The highest BCUT2D eigenvalue weighted by Crippen LogP contribution is 2.23. The molecule has 0 spiro atoms. The van der Waals surface area contributed by atoms with Crippen molar-refractivity contribution >= 4 is 27.5 Å². The van der Waals surface area contributed by atoms with Gasteiger partial charge in [0.15, 0.2) is 0 Å². The fourth-order valence-electron chi connectivity index (χ4n) is 2.74. The van der Waals surface area contributed by atoms with Gasteiger partial charge < -0.3 is 15.0 Å². The molecule has 1 fully saturated rings. The molecule has 3 rings (SSSR count). The van der Waals surface area contributed by atoms with Crippen LogP contribution in [-0.2, 0) is 11.3 Å². The Morgan fingerprint density at radius 2 is 2.24 bits per heavy atom. The van der Waals surface area contributed by atoms with Crippen molar-refractivity contribution in [3.63, 3.8) is 0 Å². The minimum absolute atomic E-state index is 0.120. The fraction of sp³-hybridized carbons (Fsp3) is 0.353. The number of aromatic nitrogens is 2. The van der Waals surface area contributed by atoms with Gasteiger partial charge in [0.25, 0.3) is 11.5 Å². The molecule has 0 aliphatic carbocycles. The molecule has 2 heterocycles. The SMILES string of the molecule is Cc1ccc(NC(=O)c2c[nH]c(=O)n(CC3CCCO3)c2=O)c(Br)c1. The number of H-pyrrole nitrogens is 1. The quantitative estimate of drug-likeness (QED) is 0.810. The number of hydrogen-bond acceptors (Lipinski definition) is 4. The standard InChI is InChI=1S/C17H18BrN3O4/c1-10-4-5-14(13(18)7-10)20-15(22)12-8-19-17(24)21(16(12)23)9-11-3-2-6-25-11/h4-5,7-8,11H,2-3,6,9H2,1H3,(H,19,24)(H,20,22). The molecule has 1 aromatic heterocycles. The predicted molar refractivity (Wildman–Crippen MR) is 97.1 cm³/mol. The predicted octanol–water partition coefficient (Wildman–Crippen LogP) is 2.04. The zero-order valence-corrected chi connectivity index (χ0v) is 15.3. The lowest BCUT2D eigenvalue weighted by Crippen LogP contribution is -2.41. The molecular weight excluding hydrogens is 390 g/mol. The van der Waals surface area contributed by atoms with Crippen LogP contribution in [0.15, 0.2) is 38.5 Å². The van der Waals surface area contributed by atoms with Gasteiger partial charge in [-0.15, -0.1) is 0 Å². The van der Waals surface area contributed by atoms with Gasteiger partial charge in [0.1, 0.15) is 5.56 Å². The summed E-state index contributed by atoms with van der Waals surface area (Å²) < 4.78 is 7.21. The Bertz CT molecular complexity index is 913. The molecule has 25 heavy (non-hydrogen) atoms. The number of anilines is 1. The average molecular weight is 408 g/mol. The second kappa shape index (κ2) is 7.37. The lowest BCUT2D eigenvalue weighted by atomic mass is 10.2. The van der Waals surface area contributed by atoms with Crippen molar-refractivity contribution in [2.45, 2.75) is 32.4 Å². The van der Waals surface area contributed by atoms with Crippen molar-refractivity contribution in [2.75, 3.05) is 11.9 Å². The fourth-order valence-corrected chi connectivity index (χ4v) is 3.34. The average Bonchev–Trinajstić information content (AvgIpc) is 3.07.